The first-order chi connectivity index (χ1) is 7.10. The molecule has 1 aromatic rings. The molecule has 0 radical (unpaired) electrons. The average Bonchev–Trinajstić information content (AvgIpc) is 2.19. The Morgan fingerprint density at radius 1 is 1.40 bits per heavy atom. The molecule has 4 nitrogen and oxygen atoms in total. The first-order valence-electron chi connectivity index (χ1n) is 4.79. The maximum absolute atomic E-state index is 10.5. The van der Waals surface area contributed by atoms with Crippen molar-refractivity contribution in [2.24, 2.45) is 0 Å². The Labute approximate surface area is 93.6 Å². The van der Waals surface area contributed by atoms with E-state index in [-0.39, 0.29) is 10.7 Å². The molecule has 0 aliphatic carbocycles. The standard InChI is InChI=1S/C10H13ClN2O2/c1-3-12(4-2)8-5-6-10(13(14)15)9(11)7-8/h5-7H,3-4H2,1-2H3. The molecule has 0 spiro atoms. The second-order valence-corrected chi connectivity index (χ2v) is 3.47. The molecule has 0 aliphatic rings. The third-order valence-electron chi connectivity index (χ3n) is 2.26. The summed E-state index contributed by atoms with van der Waals surface area (Å²) >= 11 is 5.81. The second kappa shape index (κ2) is 4.98. The van der Waals surface area contributed by atoms with Crippen molar-refractivity contribution in [3.63, 3.8) is 0 Å². The van der Waals surface area contributed by atoms with Crippen molar-refractivity contribution < 1.29 is 4.92 Å². The van der Waals surface area contributed by atoms with Crippen LogP contribution >= 0.6 is 11.6 Å². The van der Waals surface area contributed by atoms with Crippen LogP contribution in [0.2, 0.25) is 5.02 Å². The Hall–Kier alpha value is -1.29. The maximum Gasteiger partial charge on any atom is 0.288 e. The van der Waals surface area contributed by atoms with E-state index in [1.807, 2.05) is 13.8 Å². The number of benzene rings is 1. The number of hydrogen-bond acceptors (Lipinski definition) is 3. The number of nitrogens with zero attached hydrogens (tertiary/aromatic N) is 2. The monoisotopic (exact) mass is 228 g/mol. The Morgan fingerprint density at radius 2 is 2.00 bits per heavy atom. The Balaban J connectivity index is 3.05. The van der Waals surface area contributed by atoms with E-state index in [1.165, 1.54) is 6.07 Å². The summed E-state index contributed by atoms with van der Waals surface area (Å²) < 4.78 is 0. The summed E-state index contributed by atoms with van der Waals surface area (Å²) in [5.41, 5.74) is 0.864. The molecule has 0 unspecified atom stereocenters. The number of rotatable bonds is 4. The van der Waals surface area contributed by atoms with E-state index in [0.29, 0.717) is 0 Å². The maximum atomic E-state index is 10.5. The van der Waals surface area contributed by atoms with E-state index in [9.17, 15) is 10.1 Å². The lowest BCUT2D eigenvalue weighted by Gasteiger charge is -2.20. The normalized spacial score (nSPS) is 10.1. The van der Waals surface area contributed by atoms with Gasteiger partial charge in [-0.25, -0.2) is 0 Å². The predicted octanol–water partition coefficient (Wildman–Crippen LogP) is 3.09. The lowest BCUT2D eigenvalue weighted by molar-refractivity contribution is -0.384. The fourth-order valence-electron chi connectivity index (χ4n) is 1.43. The van der Waals surface area contributed by atoms with Crippen molar-refractivity contribution in [2.45, 2.75) is 13.8 Å². The highest BCUT2D eigenvalue weighted by atomic mass is 35.5. The van der Waals surface area contributed by atoms with Gasteiger partial charge in [0, 0.05) is 24.8 Å². The summed E-state index contributed by atoms with van der Waals surface area (Å²) in [7, 11) is 0. The number of anilines is 1. The summed E-state index contributed by atoms with van der Waals surface area (Å²) in [5, 5.41) is 10.7. The lowest BCUT2D eigenvalue weighted by atomic mass is 10.2. The summed E-state index contributed by atoms with van der Waals surface area (Å²) in [4.78, 5) is 12.2. The quantitative estimate of drug-likeness (QED) is 0.588. The van der Waals surface area contributed by atoms with Crippen molar-refractivity contribution in [1.29, 1.82) is 0 Å². The lowest BCUT2D eigenvalue weighted by Crippen LogP contribution is -2.21. The van der Waals surface area contributed by atoms with Gasteiger partial charge in [-0.2, -0.15) is 0 Å². The molecule has 0 fully saturated rings. The minimum Gasteiger partial charge on any atom is -0.372 e. The SMILES string of the molecule is CCN(CC)c1ccc([N+](=O)[O-])c(Cl)c1. The third kappa shape index (κ3) is 2.59. The fourth-order valence-corrected chi connectivity index (χ4v) is 1.67. The zero-order valence-corrected chi connectivity index (χ0v) is 9.49. The van der Waals surface area contributed by atoms with Gasteiger partial charge in [0.05, 0.1) is 4.92 Å². The molecule has 0 bridgehead atoms. The summed E-state index contributed by atoms with van der Waals surface area (Å²) in [6.45, 7) is 5.76. The molecule has 1 aromatic carbocycles. The van der Waals surface area contributed by atoms with Crippen molar-refractivity contribution >= 4 is 23.0 Å². The molecule has 0 heterocycles. The molecule has 0 N–H and O–H groups in total. The van der Waals surface area contributed by atoms with Crippen LogP contribution in [0.25, 0.3) is 0 Å². The minimum absolute atomic E-state index is 0.0485. The largest absolute Gasteiger partial charge is 0.372 e. The van der Waals surface area contributed by atoms with Crippen molar-refractivity contribution in [3.05, 3.63) is 33.3 Å². The molecule has 0 saturated heterocycles. The number of halogens is 1. The van der Waals surface area contributed by atoms with Crippen molar-refractivity contribution in [3.8, 4) is 0 Å². The van der Waals surface area contributed by atoms with Gasteiger partial charge in [-0.1, -0.05) is 11.6 Å². The van der Waals surface area contributed by atoms with E-state index in [4.69, 9.17) is 11.6 Å². The molecule has 82 valence electrons. The van der Waals surface area contributed by atoms with Gasteiger partial charge in [0.1, 0.15) is 5.02 Å². The highest BCUT2D eigenvalue weighted by molar-refractivity contribution is 6.32. The van der Waals surface area contributed by atoms with E-state index in [2.05, 4.69) is 4.90 Å². The van der Waals surface area contributed by atoms with Crippen LogP contribution in [0.4, 0.5) is 11.4 Å². The van der Waals surface area contributed by atoms with Gasteiger partial charge in [0.25, 0.3) is 5.69 Å². The number of hydrogen-bond donors (Lipinski definition) is 0. The highest BCUT2D eigenvalue weighted by Crippen LogP contribution is 2.28. The molecular formula is C10H13ClN2O2. The average molecular weight is 229 g/mol. The van der Waals surface area contributed by atoms with E-state index in [1.54, 1.807) is 12.1 Å². The van der Waals surface area contributed by atoms with Gasteiger partial charge in [-0.15, -0.1) is 0 Å². The molecule has 0 amide bonds. The molecule has 0 saturated carbocycles. The van der Waals surface area contributed by atoms with Gasteiger partial charge >= 0.3 is 0 Å². The zero-order chi connectivity index (χ0) is 11.4. The molecule has 0 aromatic heterocycles. The molecular weight excluding hydrogens is 216 g/mol. The molecule has 0 atom stereocenters. The van der Waals surface area contributed by atoms with Gasteiger partial charge in [-0.05, 0) is 26.0 Å². The summed E-state index contributed by atoms with van der Waals surface area (Å²) in [5.74, 6) is 0. The Bertz CT molecular complexity index is 364. The van der Waals surface area contributed by atoms with Crippen molar-refractivity contribution in [2.75, 3.05) is 18.0 Å². The van der Waals surface area contributed by atoms with Gasteiger partial charge < -0.3 is 4.90 Å². The van der Waals surface area contributed by atoms with E-state index >= 15 is 0 Å². The van der Waals surface area contributed by atoms with Crippen LogP contribution in [-0.4, -0.2) is 18.0 Å². The highest BCUT2D eigenvalue weighted by Gasteiger charge is 2.13. The fraction of sp³-hybridized carbons (Fsp3) is 0.400. The Kier molecular flexibility index (Phi) is 3.91. The Morgan fingerprint density at radius 3 is 2.40 bits per heavy atom. The molecule has 15 heavy (non-hydrogen) atoms. The summed E-state index contributed by atoms with van der Waals surface area (Å²) in [6, 6.07) is 4.79. The second-order valence-electron chi connectivity index (χ2n) is 3.07. The van der Waals surface area contributed by atoms with Crippen LogP contribution in [0.15, 0.2) is 18.2 Å². The van der Waals surface area contributed by atoms with Crippen LogP contribution < -0.4 is 4.90 Å². The summed E-state index contributed by atoms with van der Waals surface area (Å²) in [6.07, 6.45) is 0. The minimum atomic E-state index is -0.478. The first-order valence-corrected chi connectivity index (χ1v) is 5.16. The van der Waals surface area contributed by atoms with Gasteiger partial charge in [-0.3, -0.25) is 10.1 Å². The van der Waals surface area contributed by atoms with Crippen LogP contribution in [0.3, 0.4) is 0 Å². The number of nitro groups is 1. The van der Waals surface area contributed by atoms with Gasteiger partial charge in [0.2, 0.25) is 0 Å². The third-order valence-corrected chi connectivity index (χ3v) is 2.56. The van der Waals surface area contributed by atoms with Crippen LogP contribution in [-0.2, 0) is 0 Å². The first kappa shape index (κ1) is 11.8. The van der Waals surface area contributed by atoms with Crippen molar-refractivity contribution in [1.82, 2.24) is 0 Å². The van der Waals surface area contributed by atoms with E-state index in [0.717, 1.165) is 18.8 Å². The van der Waals surface area contributed by atoms with E-state index < -0.39 is 4.92 Å². The molecule has 0 aliphatic heterocycles. The topological polar surface area (TPSA) is 46.4 Å². The van der Waals surface area contributed by atoms with Gasteiger partial charge in [0.15, 0.2) is 0 Å². The smallest absolute Gasteiger partial charge is 0.288 e. The number of nitro benzene ring substituents is 1. The molecule has 1 rings (SSSR count). The van der Waals surface area contributed by atoms with Crippen LogP contribution in [0.5, 0.6) is 0 Å². The molecule has 5 heteroatoms. The van der Waals surface area contributed by atoms with Crippen LogP contribution in [0.1, 0.15) is 13.8 Å². The van der Waals surface area contributed by atoms with Crippen LogP contribution in [0, 0.1) is 10.1 Å². The zero-order valence-electron chi connectivity index (χ0n) is 8.74. The predicted molar refractivity (Wildman–Crippen MR) is 61.7 cm³/mol.